The molecule has 2 heterocycles. The van der Waals surface area contributed by atoms with E-state index in [0.29, 0.717) is 10.7 Å². The molecule has 0 aliphatic heterocycles. The largest absolute Gasteiger partial charge is 0.432 e. The van der Waals surface area contributed by atoms with Crippen LogP contribution in [-0.4, -0.2) is 20.8 Å². The first-order valence-electron chi connectivity index (χ1n) is 8.57. The Hall–Kier alpha value is -3.45. The smallest absolute Gasteiger partial charge is 0.304 e. The number of benzene rings is 2. The molecule has 0 atom stereocenters. The van der Waals surface area contributed by atoms with Gasteiger partial charge in [0.05, 0.1) is 11.9 Å². The van der Waals surface area contributed by atoms with E-state index in [1.165, 1.54) is 9.08 Å². The summed E-state index contributed by atoms with van der Waals surface area (Å²) in [6.45, 7) is 1.99. The lowest BCUT2D eigenvalue weighted by Crippen LogP contribution is -2.36. The van der Waals surface area contributed by atoms with E-state index in [1.54, 1.807) is 31.6 Å². The number of nitrogens with one attached hydrogen (secondary N) is 1. The van der Waals surface area contributed by atoms with Gasteiger partial charge in [0.1, 0.15) is 6.20 Å². The predicted molar refractivity (Wildman–Crippen MR) is 108 cm³/mol. The fraction of sp³-hybridized carbons (Fsp3) is 0.100. The Morgan fingerprint density at radius 1 is 1.04 bits per heavy atom. The van der Waals surface area contributed by atoms with E-state index in [-0.39, 0.29) is 5.52 Å². The molecule has 2 aromatic carbocycles. The molecule has 28 heavy (non-hydrogen) atoms. The highest BCUT2D eigenvalue weighted by atomic mass is 35.5. The second kappa shape index (κ2) is 6.94. The van der Waals surface area contributed by atoms with E-state index in [4.69, 9.17) is 11.6 Å². The van der Waals surface area contributed by atoms with E-state index in [2.05, 4.69) is 10.3 Å². The molecule has 0 radical (unpaired) electrons. The van der Waals surface area contributed by atoms with Crippen molar-refractivity contribution in [3.05, 3.63) is 91.6 Å². The van der Waals surface area contributed by atoms with Crippen molar-refractivity contribution >= 4 is 23.3 Å². The number of rotatable bonds is 3. The fourth-order valence-corrected chi connectivity index (χ4v) is 3.04. The van der Waals surface area contributed by atoms with Crippen LogP contribution in [0.3, 0.4) is 0 Å². The van der Waals surface area contributed by atoms with Crippen molar-refractivity contribution in [1.29, 1.82) is 0 Å². The lowest BCUT2D eigenvalue weighted by atomic mass is 10.1. The summed E-state index contributed by atoms with van der Waals surface area (Å²) in [7, 11) is 1.62. The number of fused-ring (bicyclic) bond motifs is 1. The van der Waals surface area contributed by atoms with Crippen molar-refractivity contribution in [2.24, 2.45) is 12.1 Å². The zero-order valence-corrected chi connectivity index (χ0v) is 16.0. The Labute approximate surface area is 164 Å². The van der Waals surface area contributed by atoms with E-state index < -0.39 is 11.1 Å². The molecule has 0 unspecified atom stereocenters. The number of aromatic nitrogens is 4. The van der Waals surface area contributed by atoms with Crippen molar-refractivity contribution in [3.8, 4) is 11.3 Å². The Balaban J connectivity index is 1.83. The van der Waals surface area contributed by atoms with Gasteiger partial charge in [-0.3, -0.25) is 4.79 Å². The molecular weight excluding hydrogens is 378 g/mol. The third-order valence-electron chi connectivity index (χ3n) is 4.50. The number of H-pyrrole nitrogens is 1. The fourth-order valence-electron chi connectivity index (χ4n) is 2.91. The SMILES string of the molecule is Cc1ccc(/C=N/n2[nH][n+]3cc(-c4ccc(Cl)cc4)n(C)c(=O)c3c2=O)cc1. The Morgan fingerprint density at radius 2 is 1.71 bits per heavy atom. The summed E-state index contributed by atoms with van der Waals surface area (Å²) >= 11 is 5.94. The van der Waals surface area contributed by atoms with Gasteiger partial charge >= 0.3 is 16.6 Å². The first-order valence-corrected chi connectivity index (χ1v) is 8.95. The normalized spacial score (nSPS) is 11.5. The average Bonchev–Trinajstić information content (AvgIpc) is 3.01. The lowest BCUT2D eigenvalue weighted by molar-refractivity contribution is -0.585. The Morgan fingerprint density at radius 3 is 2.39 bits per heavy atom. The molecule has 0 amide bonds. The third kappa shape index (κ3) is 3.16. The summed E-state index contributed by atoms with van der Waals surface area (Å²) in [5, 5.41) is 7.59. The van der Waals surface area contributed by atoms with E-state index >= 15 is 0 Å². The molecule has 0 fully saturated rings. The van der Waals surface area contributed by atoms with Gasteiger partial charge in [-0.15, -0.1) is 4.52 Å². The van der Waals surface area contributed by atoms with Crippen LogP contribution in [0.4, 0.5) is 0 Å². The van der Waals surface area contributed by atoms with Crippen LogP contribution in [0.5, 0.6) is 0 Å². The molecule has 0 aliphatic rings. The molecule has 0 aliphatic carbocycles. The van der Waals surface area contributed by atoms with Crippen molar-refractivity contribution < 1.29 is 4.52 Å². The van der Waals surface area contributed by atoms with Gasteiger partial charge in [0, 0.05) is 22.4 Å². The molecule has 8 heteroatoms. The predicted octanol–water partition coefficient (Wildman–Crippen LogP) is 2.12. The maximum absolute atomic E-state index is 12.8. The third-order valence-corrected chi connectivity index (χ3v) is 4.75. The second-order valence-electron chi connectivity index (χ2n) is 6.48. The molecule has 140 valence electrons. The minimum absolute atomic E-state index is 0.0127. The topological polar surface area (TPSA) is 76.2 Å². The molecule has 4 aromatic rings. The molecule has 0 spiro atoms. The van der Waals surface area contributed by atoms with Gasteiger partial charge in [0.2, 0.25) is 0 Å². The number of hydrogen-bond acceptors (Lipinski definition) is 3. The molecule has 4 rings (SSSR count). The van der Waals surface area contributed by atoms with Crippen molar-refractivity contribution in [3.63, 3.8) is 0 Å². The summed E-state index contributed by atoms with van der Waals surface area (Å²) < 4.78 is 2.82. The van der Waals surface area contributed by atoms with Crippen LogP contribution in [0.1, 0.15) is 11.1 Å². The quantitative estimate of drug-likeness (QED) is 0.427. The number of hydrogen-bond donors (Lipinski definition) is 1. The van der Waals surface area contributed by atoms with Crippen molar-refractivity contribution in [1.82, 2.24) is 14.6 Å². The van der Waals surface area contributed by atoms with Gasteiger partial charge in [-0.25, -0.2) is 4.79 Å². The van der Waals surface area contributed by atoms with Crippen LogP contribution in [-0.2, 0) is 7.05 Å². The Bertz CT molecular complexity index is 1310. The Kier molecular flexibility index (Phi) is 4.44. The maximum Gasteiger partial charge on any atom is 0.432 e. The van der Waals surface area contributed by atoms with E-state index in [1.807, 2.05) is 43.3 Å². The van der Waals surface area contributed by atoms with Crippen molar-refractivity contribution in [2.75, 3.05) is 0 Å². The van der Waals surface area contributed by atoms with E-state index in [0.717, 1.165) is 21.5 Å². The maximum atomic E-state index is 12.8. The van der Waals surface area contributed by atoms with Gasteiger partial charge in [-0.05, 0) is 24.6 Å². The number of halogens is 1. The van der Waals surface area contributed by atoms with Crippen LogP contribution < -0.4 is 15.6 Å². The molecule has 7 nitrogen and oxygen atoms in total. The summed E-state index contributed by atoms with van der Waals surface area (Å²) in [6.07, 6.45) is 3.24. The van der Waals surface area contributed by atoms with Crippen LogP contribution in [0.25, 0.3) is 16.8 Å². The lowest BCUT2D eigenvalue weighted by Gasteiger charge is -2.06. The van der Waals surface area contributed by atoms with Gasteiger partial charge < -0.3 is 4.57 Å². The molecular formula is C20H17ClN5O2+. The molecule has 0 saturated carbocycles. The molecule has 1 N–H and O–H groups in total. The standard InChI is InChI=1S/C20H16ClN5O2/c1-13-3-5-14(6-4-13)11-22-26-20(28)18-19(27)24(2)17(12-25(18)23-26)15-7-9-16(21)10-8-15/h3-12H,1-2H3/p+1/b22-11+. The summed E-state index contributed by atoms with van der Waals surface area (Å²) in [5.74, 6) is 0. The van der Waals surface area contributed by atoms with Gasteiger partial charge in [-0.1, -0.05) is 63.9 Å². The highest BCUT2D eigenvalue weighted by molar-refractivity contribution is 6.30. The van der Waals surface area contributed by atoms with Crippen LogP contribution in [0.2, 0.25) is 5.02 Å². The summed E-state index contributed by atoms with van der Waals surface area (Å²) in [6, 6.07) is 14.8. The zero-order valence-electron chi connectivity index (χ0n) is 15.3. The highest BCUT2D eigenvalue weighted by Crippen LogP contribution is 2.18. The van der Waals surface area contributed by atoms with Crippen LogP contribution in [0.15, 0.2) is 69.4 Å². The van der Waals surface area contributed by atoms with Crippen LogP contribution >= 0.6 is 11.6 Å². The molecule has 0 saturated heterocycles. The van der Waals surface area contributed by atoms with Crippen molar-refractivity contribution in [2.45, 2.75) is 6.92 Å². The number of nitrogens with zero attached hydrogens (tertiary/aromatic N) is 4. The average molecular weight is 395 g/mol. The monoisotopic (exact) mass is 394 g/mol. The minimum Gasteiger partial charge on any atom is -0.304 e. The minimum atomic E-state index is -0.522. The van der Waals surface area contributed by atoms with E-state index in [9.17, 15) is 9.59 Å². The number of aromatic amines is 1. The van der Waals surface area contributed by atoms with Gasteiger partial charge in [0.25, 0.3) is 0 Å². The zero-order chi connectivity index (χ0) is 19.8. The summed E-state index contributed by atoms with van der Waals surface area (Å²) in [4.78, 5) is 26.4. The summed E-state index contributed by atoms with van der Waals surface area (Å²) in [5.41, 5.74) is 2.46. The molecule has 2 aromatic heterocycles. The first-order chi connectivity index (χ1) is 13.4. The molecule has 0 bridgehead atoms. The van der Waals surface area contributed by atoms with Gasteiger partial charge in [0.15, 0.2) is 0 Å². The highest BCUT2D eigenvalue weighted by Gasteiger charge is 2.22. The first kappa shape index (κ1) is 17.9. The van der Waals surface area contributed by atoms with Gasteiger partial charge in [-0.2, -0.15) is 0 Å². The number of aryl methyl sites for hydroxylation is 1. The van der Waals surface area contributed by atoms with Crippen LogP contribution in [0, 0.1) is 6.92 Å². The second-order valence-corrected chi connectivity index (χ2v) is 6.91.